The van der Waals surface area contributed by atoms with E-state index in [0.717, 1.165) is 29.8 Å². The van der Waals surface area contributed by atoms with Gasteiger partial charge in [0.2, 0.25) is 0 Å². The second-order valence-electron chi connectivity index (χ2n) is 9.11. The molecule has 1 aromatic rings. The first-order valence-corrected chi connectivity index (χ1v) is 9.56. The Kier molecular flexibility index (Phi) is 4.87. The second kappa shape index (κ2) is 6.49. The Morgan fingerprint density at radius 3 is 2.25 bits per heavy atom. The van der Waals surface area contributed by atoms with Crippen LogP contribution in [0.2, 0.25) is 0 Å². The molecule has 0 radical (unpaired) electrons. The van der Waals surface area contributed by atoms with E-state index < -0.39 is 0 Å². The molecule has 2 aliphatic rings. The molecule has 5 heteroatoms. The minimum Gasteiger partial charge on any atom is -0.399 e. The van der Waals surface area contributed by atoms with Crippen molar-refractivity contribution in [3.63, 3.8) is 0 Å². The van der Waals surface area contributed by atoms with Gasteiger partial charge in [0.05, 0.1) is 11.2 Å². The Morgan fingerprint density at radius 1 is 1.12 bits per heavy atom. The van der Waals surface area contributed by atoms with E-state index in [1.54, 1.807) is 0 Å². The summed E-state index contributed by atoms with van der Waals surface area (Å²) >= 11 is 0. The summed E-state index contributed by atoms with van der Waals surface area (Å²) in [6.45, 7) is 14.1. The smallest absolute Gasteiger partial charge is 0.399 e. The number of hydrogen-bond acceptors (Lipinski definition) is 3. The van der Waals surface area contributed by atoms with Crippen LogP contribution >= 0.6 is 0 Å². The Labute approximate surface area is 147 Å². The van der Waals surface area contributed by atoms with Crippen molar-refractivity contribution in [3.05, 3.63) is 12.4 Å². The monoisotopic (exact) mass is 332 g/mol. The highest BCUT2D eigenvalue weighted by Crippen LogP contribution is 2.36. The van der Waals surface area contributed by atoms with E-state index in [0.29, 0.717) is 0 Å². The molecule has 2 heterocycles. The van der Waals surface area contributed by atoms with Crippen molar-refractivity contribution in [2.24, 2.45) is 17.8 Å². The largest absolute Gasteiger partial charge is 0.498 e. The fourth-order valence-corrected chi connectivity index (χ4v) is 3.88. The van der Waals surface area contributed by atoms with Crippen molar-refractivity contribution in [1.82, 2.24) is 9.78 Å². The molecule has 134 valence electrons. The molecular formula is C19H33BN2O2. The molecule has 4 nitrogen and oxygen atoms in total. The third-order valence-electron chi connectivity index (χ3n) is 6.46. The van der Waals surface area contributed by atoms with Crippen molar-refractivity contribution in [2.45, 2.75) is 85.0 Å². The number of aromatic nitrogens is 2. The Bertz CT molecular complexity index is 543. The standard InChI is InChI=1S/C19H33BN2O2/c1-14(2)16-9-7-15(8-10-16)12-22-13-17(11-21-22)20-23-18(3,4)19(5,6)24-20/h11,13-16H,7-10,12H2,1-6H3. The summed E-state index contributed by atoms with van der Waals surface area (Å²) in [5.74, 6) is 2.50. The Morgan fingerprint density at radius 2 is 1.71 bits per heavy atom. The molecule has 3 rings (SSSR count). The number of nitrogens with zero attached hydrogens (tertiary/aromatic N) is 2. The maximum atomic E-state index is 6.12. The molecule has 1 aromatic heterocycles. The topological polar surface area (TPSA) is 36.3 Å². The van der Waals surface area contributed by atoms with E-state index in [4.69, 9.17) is 9.31 Å². The van der Waals surface area contributed by atoms with Crippen LogP contribution in [0.25, 0.3) is 0 Å². The van der Waals surface area contributed by atoms with E-state index >= 15 is 0 Å². The first-order chi connectivity index (χ1) is 11.2. The molecule has 0 atom stereocenters. The summed E-state index contributed by atoms with van der Waals surface area (Å²) in [5.41, 5.74) is 0.439. The van der Waals surface area contributed by atoms with Crippen molar-refractivity contribution in [1.29, 1.82) is 0 Å². The zero-order valence-corrected chi connectivity index (χ0v) is 16.2. The molecule has 1 saturated heterocycles. The lowest BCUT2D eigenvalue weighted by molar-refractivity contribution is 0.00578. The normalized spacial score (nSPS) is 29.4. The van der Waals surface area contributed by atoms with Crippen LogP contribution in [-0.4, -0.2) is 28.1 Å². The van der Waals surface area contributed by atoms with Gasteiger partial charge in [-0.15, -0.1) is 0 Å². The first kappa shape index (κ1) is 18.0. The van der Waals surface area contributed by atoms with Gasteiger partial charge in [-0.05, 0) is 71.1 Å². The van der Waals surface area contributed by atoms with Gasteiger partial charge in [-0.1, -0.05) is 13.8 Å². The Balaban J connectivity index is 1.57. The summed E-state index contributed by atoms with van der Waals surface area (Å²) in [4.78, 5) is 0. The zero-order valence-electron chi connectivity index (χ0n) is 16.2. The first-order valence-electron chi connectivity index (χ1n) is 9.56. The third-order valence-corrected chi connectivity index (χ3v) is 6.46. The average Bonchev–Trinajstić information content (AvgIpc) is 3.02. The molecule has 0 spiro atoms. The molecule has 1 aliphatic heterocycles. The maximum Gasteiger partial charge on any atom is 0.498 e. The van der Waals surface area contributed by atoms with Crippen LogP contribution in [0, 0.1) is 17.8 Å². The van der Waals surface area contributed by atoms with Crippen LogP contribution < -0.4 is 5.46 Å². The highest BCUT2D eigenvalue weighted by Gasteiger charge is 2.52. The van der Waals surface area contributed by atoms with E-state index in [-0.39, 0.29) is 18.3 Å². The summed E-state index contributed by atoms with van der Waals surface area (Å²) < 4.78 is 14.3. The molecule has 0 N–H and O–H groups in total. The van der Waals surface area contributed by atoms with Gasteiger partial charge < -0.3 is 9.31 Å². The van der Waals surface area contributed by atoms with E-state index in [2.05, 4.69) is 57.5 Å². The van der Waals surface area contributed by atoms with Gasteiger partial charge in [-0.25, -0.2) is 0 Å². The predicted molar refractivity (Wildman–Crippen MR) is 98.2 cm³/mol. The summed E-state index contributed by atoms with van der Waals surface area (Å²) in [5, 5.41) is 4.56. The van der Waals surface area contributed by atoms with Crippen LogP contribution in [0.5, 0.6) is 0 Å². The lowest BCUT2D eigenvalue weighted by Gasteiger charge is -2.32. The average molecular weight is 332 g/mol. The lowest BCUT2D eigenvalue weighted by Crippen LogP contribution is -2.41. The molecular weight excluding hydrogens is 299 g/mol. The third kappa shape index (κ3) is 3.57. The molecule has 0 bridgehead atoms. The van der Waals surface area contributed by atoms with Gasteiger partial charge in [0.1, 0.15) is 0 Å². The van der Waals surface area contributed by atoms with E-state index in [1.165, 1.54) is 25.7 Å². The summed E-state index contributed by atoms with van der Waals surface area (Å²) in [6.07, 6.45) is 9.41. The molecule has 0 amide bonds. The maximum absolute atomic E-state index is 6.12. The van der Waals surface area contributed by atoms with Crippen molar-refractivity contribution in [3.8, 4) is 0 Å². The van der Waals surface area contributed by atoms with Gasteiger partial charge >= 0.3 is 7.12 Å². The molecule has 1 saturated carbocycles. The fourth-order valence-electron chi connectivity index (χ4n) is 3.88. The minimum atomic E-state index is -0.305. The summed E-state index contributed by atoms with van der Waals surface area (Å²) in [7, 11) is -0.305. The van der Waals surface area contributed by atoms with Crippen LogP contribution in [0.15, 0.2) is 12.4 Å². The quantitative estimate of drug-likeness (QED) is 0.790. The van der Waals surface area contributed by atoms with E-state index in [1.807, 2.05) is 6.20 Å². The van der Waals surface area contributed by atoms with Crippen molar-refractivity contribution in [2.75, 3.05) is 0 Å². The van der Waals surface area contributed by atoms with Gasteiger partial charge in [0, 0.05) is 24.4 Å². The van der Waals surface area contributed by atoms with Gasteiger partial charge in [-0.3, -0.25) is 4.68 Å². The molecule has 24 heavy (non-hydrogen) atoms. The van der Waals surface area contributed by atoms with Crippen molar-refractivity contribution < 1.29 is 9.31 Å². The van der Waals surface area contributed by atoms with Crippen LogP contribution in [-0.2, 0) is 15.9 Å². The van der Waals surface area contributed by atoms with Gasteiger partial charge in [-0.2, -0.15) is 5.10 Å². The van der Waals surface area contributed by atoms with Gasteiger partial charge in [0.25, 0.3) is 0 Å². The van der Waals surface area contributed by atoms with E-state index in [9.17, 15) is 0 Å². The molecule has 0 aromatic carbocycles. The predicted octanol–water partition coefficient (Wildman–Crippen LogP) is 3.64. The number of rotatable bonds is 4. The van der Waals surface area contributed by atoms with Crippen LogP contribution in [0.1, 0.15) is 67.2 Å². The van der Waals surface area contributed by atoms with Gasteiger partial charge in [0.15, 0.2) is 0 Å². The molecule has 0 unspecified atom stereocenters. The molecule has 2 fully saturated rings. The second-order valence-corrected chi connectivity index (χ2v) is 9.11. The molecule has 1 aliphatic carbocycles. The number of hydrogen-bond donors (Lipinski definition) is 0. The minimum absolute atomic E-state index is 0.297. The zero-order chi connectivity index (χ0) is 17.5. The van der Waals surface area contributed by atoms with Crippen LogP contribution in [0.3, 0.4) is 0 Å². The summed E-state index contributed by atoms with van der Waals surface area (Å²) in [6, 6.07) is 0. The fraction of sp³-hybridized carbons (Fsp3) is 0.842. The highest BCUT2D eigenvalue weighted by molar-refractivity contribution is 6.61. The van der Waals surface area contributed by atoms with Crippen LogP contribution in [0.4, 0.5) is 0 Å². The van der Waals surface area contributed by atoms with Crippen molar-refractivity contribution >= 4 is 12.6 Å². The Hall–Kier alpha value is -0.805. The lowest BCUT2D eigenvalue weighted by atomic mass is 9.77. The SMILES string of the molecule is CC(C)C1CCC(Cn2cc(B3OC(C)(C)C(C)(C)O3)cn2)CC1. The highest BCUT2D eigenvalue weighted by atomic mass is 16.7.